The minimum atomic E-state index is 0.303. The van der Waals surface area contributed by atoms with Gasteiger partial charge in [0.25, 0.3) is 0 Å². The largest absolute Gasteiger partial charge is 0.494 e. The van der Waals surface area contributed by atoms with E-state index in [9.17, 15) is 0 Å². The van der Waals surface area contributed by atoms with Crippen molar-refractivity contribution in [2.75, 3.05) is 13.2 Å². The minimum absolute atomic E-state index is 0.303. The second-order valence-electron chi connectivity index (χ2n) is 5.85. The van der Waals surface area contributed by atoms with E-state index in [4.69, 9.17) is 21.1 Å². The number of fused-ring (bicyclic) bond motifs is 1. The first-order chi connectivity index (χ1) is 11.2. The number of rotatable bonds is 9. The molecule has 0 saturated carbocycles. The summed E-state index contributed by atoms with van der Waals surface area (Å²) in [4.78, 5) is 0. The highest BCUT2D eigenvalue weighted by Crippen LogP contribution is 2.30. The van der Waals surface area contributed by atoms with E-state index in [2.05, 4.69) is 38.1 Å². The molecule has 0 fully saturated rings. The monoisotopic (exact) mass is 334 g/mol. The van der Waals surface area contributed by atoms with Crippen molar-refractivity contribution in [3.05, 3.63) is 35.9 Å². The second-order valence-corrected chi connectivity index (χ2v) is 6.47. The predicted molar refractivity (Wildman–Crippen MR) is 99.1 cm³/mol. The molecule has 1 unspecified atom stereocenters. The third-order valence-corrected chi connectivity index (χ3v) is 4.66. The van der Waals surface area contributed by atoms with Crippen LogP contribution < -0.4 is 9.47 Å². The fraction of sp³-hybridized carbons (Fsp3) is 0.500. The van der Waals surface area contributed by atoms with Gasteiger partial charge in [-0.05, 0) is 74.1 Å². The number of hydrogen-bond acceptors (Lipinski definition) is 2. The average Bonchev–Trinajstić information content (AvgIpc) is 2.56. The van der Waals surface area contributed by atoms with E-state index in [0.717, 1.165) is 43.8 Å². The van der Waals surface area contributed by atoms with Crippen LogP contribution in [0.5, 0.6) is 11.5 Å². The summed E-state index contributed by atoms with van der Waals surface area (Å²) in [5.74, 6) is 1.89. The van der Waals surface area contributed by atoms with Crippen molar-refractivity contribution in [3.63, 3.8) is 0 Å². The predicted octanol–water partition coefficient (Wildman–Crippen LogP) is 6.11. The van der Waals surface area contributed by atoms with Crippen LogP contribution in [0.4, 0.5) is 0 Å². The Morgan fingerprint density at radius 3 is 2.61 bits per heavy atom. The Balaban J connectivity index is 1.96. The van der Waals surface area contributed by atoms with Gasteiger partial charge in [0.15, 0.2) is 0 Å². The molecule has 0 aliphatic heterocycles. The summed E-state index contributed by atoms with van der Waals surface area (Å²) in [5, 5.41) is 2.71. The molecular weight excluding hydrogens is 308 g/mol. The average molecular weight is 335 g/mol. The lowest BCUT2D eigenvalue weighted by Crippen LogP contribution is -2.02. The third-order valence-electron chi connectivity index (χ3n) is 4.13. The van der Waals surface area contributed by atoms with Gasteiger partial charge in [-0.15, -0.1) is 11.6 Å². The van der Waals surface area contributed by atoms with Gasteiger partial charge in [-0.2, -0.15) is 0 Å². The Morgan fingerprint density at radius 1 is 1.04 bits per heavy atom. The lowest BCUT2D eigenvalue weighted by Gasteiger charge is -2.13. The number of aryl methyl sites for hydroxylation is 1. The molecule has 2 aromatic carbocycles. The van der Waals surface area contributed by atoms with Gasteiger partial charge in [-0.1, -0.05) is 19.1 Å². The normalized spacial score (nSPS) is 12.3. The molecule has 126 valence electrons. The Bertz CT molecular complexity index is 624. The van der Waals surface area contributed by atoms with Crippen molar-refractivity contribution >= 4 is 22.4 Å². The van der Waals surface area contributed by atoms with Gasteiger partial charge in [-0.25, -0.2) is 0 Å². The first-order valence-corrected chi connectivity index (χ1v) is 9.02. The number of halogens is 1. The maximum Gasteiger partial charge on any atom is 0.122 e. The lowest BCUT2D eigenvalue weighted by atomic mass is 10.0. The molecule has 3 heteroatoms. The summed E-state index contributed by atoms with van der Waals surface area (Å²) in [6.07, 6.45) is 4.27. The van der Waals surface area contributed by atoms with Crippen LogP contribution in [0.1, 0.15) is 45.1 Å². The first-order valence-electron chi connectivity index (χ1n) is 8.58. The molecule has 2 nitrogen and oxygen atoms in total. The van der Waals surface area contributed by atoms with Crippen molar-refractivity contribution in [2.45, 2.75) is 51.8 Å². The molecule has 1 atom stereocenters. The molecule has 2 aromatic rings. The summed E-state index contributed by atoms with van der Waals surface area (Å²) >= 11 is 6.14. The van der Waals surface area contributed by atoms with Crippen LogP contribution in [0, 0.1) is 6.92 Å². The van der Waals surface area contributed by atoms with E-state index >= 15 is 0 Å². The number of ether oxygens (including phenoxy) is 2. The van der Waals surface area contributed by atoms with E-state index in [1.54, 1.807) is 0 Å². The molecule has 0 bridgehead atoms. The number of unbranched alkanes of at least 4 members (excludes halogenated alkanes) is 1. The summed E-state index contributed by atoms with van der Waals surface area (Å²) in [6.45, 7) is 7.68. The Hall–Kier alpha value is -1.41. The molecule has 2 rings (SSSR count). The smallest absolute Gasteiger partial charge is 0.122 e. The van der Waals surface area contributed by atoms with Crippen LogP contribution in [-0.2, 0) is 0 Å². The topological polar surface area (TPSA) is 18.5 Å². The van der Waals surface area contributed by atoms with Crippen molar-refractivity contribution in [3.8, 4) is 11.5 Å². The molecule has 0 saturated heterocycles. The summed E-state index contributed by atoms with van der Waals surface area (Å²) < 4.78 is 11.5. The molecule has 0 aromatic heterocycles. The lowest BCUT2D eigenvalue weighted by molar-refractivity contribution is 0.303. The van der Waals surface area contributed by atoms with E-state index in [1.165, 1.54) is 16.3 Å². The molecule has 0 spiro atoms. The fourth-order valence-electron chi connectivity index (χ4n) is 2.71. The molecule has 23 heavy (non-hydrogen) atoms. The van der Waals surface area contributed by atoms with Gasteiger partial charge in [0, 0.05) is 5.38 Å². The Labute approximate surface area is 144 Å². The molecular formula is C20H27ClO2. The van der Waals surface area contributed by atoms with Gasteiger partial charge in [-0.3, -0.25) is 0 Å². The highest BCUT2D eigenvalue weighted by atomic mass is 35.5. The molecule has 0 N–H and O–H groups in total. The quantitative estimate of drug-likeness (QED) is 0.406. The van der Waals surface area contributed by atoms with Crippen molar-refractivity contribution in [2.24, 2.45) is 0 Å². The van der Waals surface area contributed by atoms with Crippen LogP contribution in [0.25, 0.3) is 10.8 Å². The van der Waals surface area contributed by atoms with Crippen LogP contribution in [0.2, 0.25) is 0 Å². The van der Waals surface area contributed by atoms with E-state index < -0.39 is 0 Å². The number of hydrogen-bond donors (Lipinski definition) is 0. The van der Waals surface area contributed by atoms with Gasteiger partial charge in [0.2, 0.25) is 0 Å². The SMILES string of the molecule is CCOc1ccc2c(C)c(OCCCCC(Cl)CC)ccc2c1. The van der Waals surface area contributed by atoms with Crippen molar-refractivity contribution < 1.29 is 9.47 Å². The first kappa shape index (κ1) is 17.9. The number of alkyl halides is 1. The van der Waals surface area contributed by atoms with E-state index in [1.807, 2.05) is 13.0 Å². The van der Waals surface area contributed by atoms with Gasteiger partial charge in [0.1, 0.15) is 11.5 Å². The Morgan fingerprint density at radius 2 is 1.87 bits per heavy atom. The zero-order valence-electron chi connectivity index (χ0n) is 14.4. The van der Waals surface area contributed by atoms with Crippen molar-refractivity contribution in [1.29, 1.82) is 0 Å². The summed E-state index contributed by atoms with van der Waals surface area (Å²) in [7, 11) is 0. The fourth-order valence-corrected chi connectivity index (χ4v) is 2.86. The highest BCUT2D eigenvalue weighted by molar-refractivity contribution is 6.20. The van der Waals surface area contributed by atoms with Crippen molar-refractivity contribution in [1.82, 2.24) is 0 Å². The van der Waals surface area contributed by atoms with Crippen LogP contribution >= 0.6 is 11.6 Å². The zero-order valence-corrected chi connectivity index (χ0v) is 15.2. The molecule has 0 radical (unpaired) electrons. The summed E-state index contributed by atoms with van der Waals surface area (Å²) in [6, 6.07) is 10.4. The molecule has 0 heterocycles. The minimum Gasteiger partial charge on any atom is -0.494 e. The molecule has 0 aliphatic rings. The highest BCUT2D eigenvalue weighted by Gasteiger charge is 2.06. The zero-order chi connectivity index (χ0) is 16.7. The van der Waals surface area contributed by atoms with Crippen LogP contribution in [-0.4, -0.2) is 18.6 Å². The maximum absolute atomic E-state index is 6.14. The maximum atomic E-state index is 6.14. The van der Waals surface area contributed by atoms with E-state index in [-0.39, 0.29) is 0 Å². The molecule has 0 amide bonds. The number of benzene rings is 2. The second kappa shape index (κ2) is 9.02. The van der Waals surface area contributed by atoms with Gasteiger partial charge >= 0.3 is 0 Å². The van der Waals surface area contributed by atoms with E-state index in [0.29, 0.717) is 12.0 Å². The van der Waals surface area contributed by atoms with Gasteiger partial charge < -0.3 is 9.47 Å². The summed E-state index contributed by atoms with van der Waals surface area (Å²) in [5.41, 5.74) is 1.19. The third kappa shape index (κ3) is 5.04. The Kier molecular flexibility index (Phi) is 7.04. The van der Waals surface area contributed by atoms with Crippen LogP contribution in [0.3, 0.4) is 0 Å². The molecule has 0 aliphatic carbocycles. The standard InChI is InChI=1S/C20H27ClO2/c1-4-17(21)8-6-7-13-23-20-12-9-16-14-18(22-5-2)10-11-19(16)15(20)3/h9-12,14,17H,4-8,13H2,1-3H3. The van der Waals surface area contributed by atoms with Crippen LogP contribution in [0.15, 0.2) is 30.3 Å². The van der Waals surface area contributed by atoms with Gasteiger partial charge in [0.05, 0.1) is 13.2 Å².